The average molecular weight is 353 g/mol. The van der Waals surface area contributed by atoms with Crippen LogP contribution in [-0.2, 0) is 16.1 Å². The lowest BCUT2D eigenvalue weighted by Crippen LogP contribution is -2.18. The Bertz CT molecular complexity index is 787. The van der Waals surface area contributed by atoms with E-state index >= 15 is 0 Å². The fourth-order valence-corrected chi connectivity index (χ4v) is 3.09. The predicted molar refractivity (Wildman–Crippen MR) is 99.7 cm³/mol. The van der Waals surface area contributed by atoms with Crippen molar-refractivity contribution in [3.63, 3.8) is 0 Å². The Labute approximate surface area is 152 Å². The number of carbonyl (C=O) groups excluding carboxylic acids is 1. The summed E-state index contributed by atoms with van der Waals surface area (Å²) in [4.78, 5) is 22.3. The van der Waals surface area contributed by atoms with Crippen molar-refractivity contribution < 1.29 is 14.5 Å². The van der Waals surface area contributed by atoms with Gasteiger partial charge < -0.3 is 10.2 Å². The van der Waals surface area contributed by atoms with Crippen LogP contribution in [0.5, 0.6) is 0 Å². The van der Waals surface area contributed by atoms with Crippen LogP contribution in [0, 0.1) is 0 Å². The zero-order valence-corrected chi connectivity index (χ0v) is 14.7. The zero-order chi connectivity index (χ0) is 18.4. The van der Waals surface area contributed by atoms with Gasteiger partial charge in [-0.2, -0.15) is 11.4 Å². The van der Waals surface area contributed by atoms with Gasteiger partial charge in [0.25, 0.3) is 5.91 Å². The Morgan fingerprint density at radius 3 is 2.65 bits per heavy atom. The summed E-state index contributed by atoms with van der Waals surface area (Å²) >= 11 is 0. The van der Waals surface area contributed by atoms with E-state index in [1.165, 1.54) is 11.1 Å². The lowest BCUT2D eigenvalue weighted by molar-refractivity contribution is -0.0198. The van der Waals surface area contributed by atoms with E-state index in [9.17, 15) is 4.79 Å². The summed E-state index contributed by atoms with van der Waals surface area (Å²) in [5.41, 5.74) is 6.91. The summed E-state index contributed by atoms with van der Waals surface area (Å²) in [6.45, 7) is 0.447. The van der Waals surface area contributed by atoms with Crippen LogP contribution in [0.15, 0.2) is 54.6 Å². The molecule has 0 saturated carbocycles. The van der Waals surface area contributed by atoms with Gasteiger partial charge in [-0.25, -0.2) is 0 Å². The molecule has 0 spiro atoms. The summed E-state index contributed by atoms with van der Waals surface area (Å²) in [6, 6.07) is 15.4. The number of nitrogens with two attached hydrogens (primary N) is 1. The molecule has 2 aromatic carbocycles. The van der Waals surface area contributed by atoms with Crippen molar-refractivity contribution in [2.45, 2.75) is 18.9 Å². The minimum absolute atomic E-state index is 0.0636. The average Bonchev–Trinajstić information content (AvgIpc) is 3.11. The number of nitrogens with one attached hydrogen (secondary N) is 2. The number of hydrogen-bond donors (Lipinski definition) is 3. The normalized spacial score (nSPS) is 16.2. The lowest BCUT2D eigenvalue weighted by atomic mass is 10.1. The third-order valence-corrected chi connectivity index (χ3v) is 4.46. The standard InChI is InChI=1S/C20H23N3O3/c1-22-20(24)16-8-6-15(7-9-16)18(25-21)12-13-23-26-19-11-10-14-4-2-3-5-17(14)19/h2-9,12,19,23H,10-11,13,21H2,1H3,(H,22,24)/b18-12-/t19-/m1/s1. The minimum atomic E-state index is -0.136. The largest absolute Gasteiger partial charge is 0.411 e. The quantitative estimate of drug-likeness (QED) is 0.404. The van der Waals surface area contributed by atoms with Crippen molar-refractivity contribution >= 4 is 11.7 Å². The molecule has 0 aliphatic heterocycles. The molecule has 0 radical (unpaired) electrons. The molecule has 0 unspecified atom stereocenters. The first-order chi connectivity index (χ1) is 12.7. The maximum Gasteiger partial charge on any atom is 0.251 e. The van der Waals surface area contributed by atoms with E-state index in [4.69, 9.17) is 15.6 Å². The highest BCUT2D eigenvalue weighted by Gasteiger charge is 2.22. The number of carbonyl (C=O) groups is 1. The van der Waals surface area contributed by atoms with Gasteiger partial charge in [0.05, 0.1) is 0 Å². The third-order valence-electron chi connectivity index (χ3n) is 4.46. The van der Waals surface area contributed by atoms with Crippen LogP contribution in [-0.4, -0.2) is 19.5 Å². The highest BCUT2D eigenvalue weighted by Crippen LogP contribution is 2.32. The second-order valence-corrected chi connectivity index (χ2v) is 6.04. The van der Waals surface area contributed by atoms with Crippen LogP contribution >= 0.6 is 0 Å². The lowest BCUT2D eigenvalue weighted by Gasteiger charge is -2.13. The fraction of sp³-hybridized carbons (Fsp3) is 0.250. The van der Waals surface area contributed by atoms with Crippen molar-refractivity contribution in [2.24, 2.45) is 5.90 Å². The van der Waals surface area contributed by atoms with E-state index in [1.807, 2.05) is 6.07 Å². The molecule has 1 atom stereocenters. The zero-order valence-electron chi connectivity index (χ0n) is 14.7. The first-order valence-electron chi connectivity index (χ1n) is 8.58. The van der Waals surface area contributed by atoms with E-state index < -0.39 is 0 Å². The second kappa shape index (κ2) is 8.62. The van der Waals surface area contributed by atoms with E-state index in [1.54, 1.807) is 37.4 Å². The first-order valence-corrected chi connectivity index (χ1v) is 8.58. The molecule has 0 aromatic heterocycles. The number of aryl methyl sites for hydroxylation is 1. The second-order valence-electron chi connectivity index (χ2n) is 6.04. The molecule has 0 heterocycles. The van der Waals surface area contributed by atoms with Crippen molar-refractivity contribution in [3.05, 3.63) is 76.9 Å². The Kier molecular flexibility index (Phi) is 6.01. The van der Waals surface area contributed by atoms with Crippen molar-refractivity contribution in [1.82, 2.24) is 10.8 Å². The monoisotopic (exact) mass is 353 g/mol. The molecule has 1 aliphatic carbocycles. The molecule has 6 nitrogen and oxygen atoms in total. The van der Waals surface area contributed by atoms with Gasteiger partial charge in [0.2, 0.25) is 0 Å². The van der Waals surface area contributed by atoms with Gasteiger partial charge in [-0.15, -0.1) is 0 Å². The molecule has 26 heavy (non-hydrogen) atoms. The van der Waals surface area contributed by atoms with Gasteiger partial charge in [-0.1, -0.05) is 36.4 Å². The van der Waals surface area contributed by atoms with Gasteiger partial charge in [-0.05, 0) is 42.2 Å². The molecule has 3 rings (SSSR count). The maximum atomic E-state index is 11.6. The molecular formula is C20H23N3O3. The Hall–Kier alpha value is -2.67. The van der Waals surface area contributed by atoms with Crippen LogP contribution in [0.1, 0.15) is 39.6 Å². The molecule has 0 fully saturated rings. The number of hydroxylamine groups is 1. The van der Waals surface area contributed by atoms with E-state index in [-0.39, 0.29) is 12.0 Å². The number of rotatable bonds is 7. The highest BCUT2D eigenvalue weighted by molar-refractivity contribution is 5.94. The summed E-state index contributed by atoms with van der Waals surface area (Å²) in [6.07, 6.45) is 3.87. The number of hydrogen-bond acceptors (Lipinski definition) is 5. The summed E-state index contributed by atoms with van der Waals surface area (Å²) in [5, 5.41) is 2.58. The van der Waals surface area contributed by atoms with Gasteiger partial charge >= 0.3 is 0 Å². The first kappa shape index (κ1) is 18.1. The third kappa shape index (κ3) is 4.11. The molecule has 4 N–H and O–H groups in total. The number of amides is 1. The topological polar surface area (TPSA) is 85.6 Å². The minimum Gasteiger partial charge on any atom is -0.411 e. The van der Waals surface area contributed by atoms with Crippen LogP contribution in [0.4, 0.5) is 0 Å². The maximum absolute atomic E-state index is 11.6. The Balaban J connectivity index is 1.56. The summed E-state index contributed by atoms with van der Waals surface area (Å²) in [7, 11) is 1.60. The Morgan fingerprint density at radius 2 is 1.92 bits per heavy atom. The molecule has 0 saturated heterocycles. The van der Waals surface area contributed by atoms with Crippen LogP contribution in [0.25, 0.3) is 5.76 Å². The van der Waals surface area contributed by atoms with Crippen molar-refractivity contribution in [2.75, 3.05) is 13.6 Å². The molecular weight excluding hydrogens is 330 g/mol. The number of benzene rings is 2. The van der Waals surface area contributed by atoms with Gasteiger partial charge in [0, 0.05) is 24.7 Å². The molecule has 2 aromatic rings. The fourth-order valence-electron chi connectivity index (χ4n) is 3.09. The number of fused-ring (bicyclic) bond motifs is 1. The molecule has 0 bridgehead atoms. The molecule has 1 amide bonds. The van der Waals surface area contributed by atoms with Crippen molar-refractivity contribution in [3.8, 4) is 0 Å². The van der Waals surface area contributed by atoms with Gasteiger partial charge in [-0.3, -0.25) is 9.63 Å². The molecule has 6 heteroatoms. The van der Waals surface area contributed by atoms with Gasteiger partial charge in [0.1, 0.15) is 6.10 Å². The van der Waals surface area contributed by atoms with E-state index in [0.717, 1.165) is 18.4 Å². The SMILES string of the molecule is CNC(=O)c1ccc(/C(=C/CNO[C@@H]2CCc3ccccc32)ON)cc1. The summed E-state index contributed by atoms with van der Waals surface area (Å²) in [5.74, 6) is 5.75. The van der Waals surface area contributed by atoms with E-state index in [0.29, 0.717) is 17.9 Å². The Morgan fingerprint density at radius 1 is 1.19 bits per heavy atom. The highest BCUT2D eigenvalue weighted by atomic mass is 16.7. The van der Waals surface area contributed by atoms with E-state index in [2.05, 4.69) is 29.0 Å². The van der Waals surface area contributed by atoms with Crippen LogP contribution < -0.4 is 16.7 Å². The van der Waals surface area contributed by atoms with Crippen molar-refractivity contribution in [1.29, 1.82) is 0 Å². The van der Waals surface area contributed by atoms with Crippen LogP contribution in [0.2, 0.25) is 0 Å². The van der Waals surface area contributed by atoms with Crippen LogP contribution in [0.3, 0.4) is 0 Å². The smallest absolute Gasteiger partial charge is 0.251 e. The van der Waals surface area contributed by atoms with Gasteiger partial charge in [0.15, 0.2) is 5.76 Å². The summed E-state index contributed by atoms with van der Waals surface area (Å²) < 4.78 is 0. The predicted octanol–water partition coefficient (Wildman–Crippen LogP) is 2.49. The molecule has 136 valence electrons. The molecule has 1 aliphatic rings.